The Morgan fingerprint density at radius 3 is 2.62 bits per heavy atom. The second-order valence-corrected chi connectivity index (χ2v) is 10.3. The van der Waals surface area contributed by atoms with Crippen molar-refractivity contribution in [3.8, 4) is 11.6 Å². The summed E-state index contributed by atoms with van der Waals surface area (Å²) >= 11 is 1.32. The fraction of sp³-hybridized carbons (Fsp3) is 0.385. The average molecular weight is 577 g/mol. The van der Waals surface area contributed by atoms with Crippen LogP contribution in [0, 0.1) is 0 Å². The molecular formula is C26H27F3N6O4S. The number of aliphatic carboxylic acids is 1. The van der Waals surface area contributed by atoms with E-state index in [1.54, 1.807) is 22.4 Å². The number of alkyl halides is 3. The molecule has 1 N–H and O–H groups in total. The number of carbonyl (C=O) groups is 1. The highest BCUT2D eigenvalue weighted by atomic mass is 32.1. The minimum atomic E-state index is -4.61. The average Bonchev–Trinajstić information content (AvgIpc) is 3.40. The van der Waals surface area contributed by atoms with Crippen molar-refractivity contribution >= 4 is 40.5 Å². The number of aliphatic imine (C=N–C) groups is 1. The van der Waals surface area contributed by atoms with Gasteiger partial charge in [-0.05, 0) is 36.6 Å². The number of benzene rings is 1. The molecule has 2 aromatic heterocycles. The lowest BCUT2D eigenvalue weighted by molar-refractivity contribution is -0.138. The number of fused-ring (bicyclic) bond motifs is 1. The minimum absolute atomic E-state index is 0.0805. The molecule has 4 heterocycles. The number of rotatable bonds is 6. The molecule has 14 heteroatoms. The maximum Gasteiger partial charge on any atom is 0.416 e. The molecule has 40 heavy (non-hydrogen) atoms. The summed E-state index contributed by atoms with van der Waals surface area (Å²) in [5.74, 6) is 0.570. The summed E-state index contributed by atoms with van der Waals surface area (Å²) in [5.41, 5.74) is -0.175. The first-order valence-corrected chi connectivity index (χ1v) is 13.3. The van der Waals surface area contributed by atoms with Gasteiger partial charge in [-0.15, -0.1) is 11.3 Å². The molecule has 2 aliphatic heterocycles. The molecule has 2 atom stereocenters. The first-order chi connectivity index (χ1) is 19.1. The van der Waals surface area contributed by atoms with Crippen LogP contribution in [0.2, 0.25) is 0 Å². The lowest BCUT2D eigenvalue weighted by Gasteiger charge is -2.46. The molecule has 0 spiro atoms. The summed E-state index contributed by atoms with van der Waals surface area (Å²) < 4.78 is 52.1. The number of anilines is 2. The summed E-state index contributed by atoms with van der Waals surface area (Å²) in [6, 6.07) is 5.85. The zero-order valence-electron chi connectivity index (χ0n) is 21.9. The third-order valence-corrected chi connectivity index (χ3v) is 7.91. The predicted octanol–water partition coefficient (Wildman–Crippen LogP) is 4.81. The first-order valence-electron chi connectivity index (χ1n) is 12.4. The van der Waals surface area contributed by atoms with Crippen LogP contribution in [0.1, 0.15) is 29.8 Å². The highest BCUT2D eigenvalue weighted by Crippen LogP contribution is 2.47. The lowest BCUT2D eigenvalue weighted by Crippen LogP contribution is -2.58. The molecule has 1 fully saturated rings. The molecule has 0 unspecified atom stereocenters. The number of halogens is 3. The fourth-order valence-corrected chi connectivity index (χ4v) is 5.98. The zero-order valence-corrected chi connectivity index (χ0v) is 22.7. The standard InChI is InChI=1S/C26H27F3N6O4S/c1-15-13-33(7-8-34(15)21-12-22(39-3)31-14-30-21)25-32-17-6-9-40-24(17)19(11-23(36)37)35(25)18-10-16(26(27,28)29)4-5-20(18)38-2/h4-6,9-10,12,14-15,19H,7-8,11,13H2,1-3H3,(H,36,37)/t15-,19+/m1/s1. The molecule has 1 aromatic carbocycles. The number of guanidine groups is 1. The molecule has 212 valence electrons. The summed E-state index contributed by atoms with van der Waals surface area (Å²) in [6.07, 6.45) is -3.53. The minimum Gasteiger partial charge on any atom is -0.495 e. The molecular weight excluding hydrogens is 549 g/mol. The van der Waals surface area contributed by atoms with Gasteiger partial charge in [0, 0.05) is 31.7 Å². The van der Waals surface area contributed by atoms with Gasteiger partial charge in [-0.1, -0.05) is 0 Å². The number of piperazine rings is 1. The van der Waals surface area contributed by atoms with Crippen molar-refractivity contribution in [2.24, 2.45) is 4.99 Å². The topological polar surface area (TPSA) is 104 Å². The van der Waals surface area contributed by atoms with E-state index in [0.29, 0.717) is 47.9 Å². The van der Waals surface area contributed by atoms with E-state index in [-0.39, 0.29) is 23.9 Å². The van der Waals surface area contributed by atoms with Crippen LogP contribution in [0.3, 0.4) is 0 Å². The van der Waals surface area contributed by atoms with Crippen LogP contribution in [0.25, 0.3) is 0 Å². The van der Waals surface area contributed by atoms with Gasteiger partial charge in [0.25, 0.3) is 0 Å². The normalized spacial score (nSPS) is 19.2. The van der Waals surface area contributed by atoms with Crippen LogP contribution in [0.15, 0.2) is 47.0 Å². The van der Waals surface area contributed by atoms with Crippen LogP contribution >= 0.6 is 11.3 Å². The van der Waals surface area contributed by atoms with Gasteiger partial charge < -0.3 is 24.4 Å². The van der Waals surface area contributed by atoms with E-state index < -0.39 is 23.8 Å². The van der Waals surface area contributed by atoms with E-state index >= 15 is 0 Å². The third kappa shape index (κ3) is 5.22. The largest absolute Gasteiger partial charge is 0.495 e. The van der Waals surface area contributed by atoms with Crippen LogP contribution in [-0.4, -0.2) is 71.8 Å². The van der Waals surface area contributed by atoms with E-state index in [2.05, 4.69) is 14.9 Å². The Morgan fingerprint density at radius 1 is 1.15 bits per heavy atom. The monoisotopic (exact) mass is 576 g/mol. The van der Waals surface area contributed by atoms with E-state index in [1.165, 1.54) is 38.0 Å². The summed E-state index contributed by atoms with van der Waals surface area (Å²) in [4.78, 5) is 31.6. The summed E-state index contributed by atoms with van der Waals surface area (Å²) in [6.45, 7) is 3.42. The number of ether oxygens (including phenoxy) is 2. The van der Waals surface area contributed by atoms with Crippen molar-refractivity contribution in [3.63, 3.8) is 0 Å². The molecule has 0 amide bonds. The number of thiophene rings is 1. The molecule has 0 aliphatic carbocycles. The molecule has 0 saturated carbocycles. The number of methoxy groups -OCH3 is 2. The SMILES string of the molecule is COc1cc(N2CCN(C3=Nc4ccsc4[C@H](CC(=O)O)N3c3cc(C(F)(F)F)ccc3OC)C[C@H]2C)ncn1. The van der Waals surface area contributed by atoms with Crippen molar-refractivity contribution in [3.05, 3.63) is 52.5 Å². The van der Waals surface area contributed by atoms with E-state index in [0.717, 1.165) is 12.1 Å². The molecule has 0 bridgehead atoms. The lowest BCUT2D eigenvalue weighted by atomic mass is 10.0. The molecule has 3 aromatic rings. The predicted molar refractivity (Wildman–Crippen MR) is 144 cm³/mol. The van der Waals surface area contributed by atoms with Gasteiger partial charge in [-0.25, -0.2) is 15.0 Å². The number of hydrogen-bond donors (Lipinski definition) is 1. The maximum absolute atomic E-state index is 13.8. The maximum atomic E-state index is 13.8. The second-order valence-electron chi connectivity index (χ2n) is 9.36. The van der Waals surface area contributed by atoms with Gasteiger partial charge >= 0.3 is 12.1 Å². The Bertz CT molecular complexity index is 1430. The van der Waals surface area contributed by atoms with Gasteiger partial charge in [0.2, 0.25) is 11.8 Å². The third-order valence-electron chi connectivity index (χ3n) is 6.90. The zero-order chi connectivity index (χ0) is 28.6. The smallest absolute Gasteiger partial charge is 0.416 e. The molecule has 1 saturated heterocycles. The Balaban J connectivity index is 1.58. The Morgan fingerprint density at radius 2 is 1.95 bits per heavy atom. The second kappa shape index (κ2) is 10.8. The summed E-state index contributed by atoms with van der Waals surface area (Å²) in [7, 11) is 2.89. The molecule has 2 aliphatic rings. The number of nitrogens with zero attached hydrogens (tertiary/aromatic N) is 6. The van der Waals surface area contributed by atoms with Gasteiger partial charge in [0.1, 0.15) is 17.9 Å². The number of carboxylic acid groups (broad SMARTS) is 1. The van der Waals surface area contributed by atoms with Gasteiger partial charge in [0.05, 0.1) is 48.5 Å². The number of aromatic nitrogens is 2. The van der Waals surface area contributed by atoms with E-state index in [9.17, 15) is 23.1 Å². The van der Waals surface area contributed by atoms with Crippen molar-refractivity contribution < 1.29 is 32.5 Å². The molecule has 5 rings (SSSR count). The van der Waals surface area contributed by atoms with Crippen molar-refractivity contribution in [1.29, 1.82) is 0 Å². The molecule has 0 radical (unpaired) electrons. The van der Waals surface area contributed by atoms with Gasteiger partial charge in [-0.2, -0.15) is 13.2 Å². The fourth-order valence-electron chi connectivity index (χ4n) is 5.06. The van der Waals surface area contributed by atoms with Crippen LogP contribution in [0.5, 0.6) is 11.6 Å². The number of hydrogen-bond acceptors (Lipinski definition) is 10. The highest BCUT2D eigenvalue weighted by Gasteiger charge is 2.41. The van der Waals surface area contributed by atoms with Crippen molar-refractivity contribution in [2.75, 3.05) is 43.7 Å². The molecule has 10 nitrogen and oxygen atoms in total. The van der Waals surface area contributed by atoms with Crippen LogP contribution in [0.4, 0.5) is 30.4 Å². The Labute approximate surface area is 232 Å². The first kappa shape index (κ1) is 27.5. The van der Waals surface area contributed by atoms with Gasteiger partial charge in [-0.3, -0.25) is 9.69 Å². The van der Waals surface area contributed by atoms with E-state index in [4.69, 9.17) is 14.5 Å². The highest BCUT2D eigenvalue weighted by molar-refractivity contribution is 7.10. The van der Waals surface area contributed by atoms with Gasteiger partial charge in [0.15, 0.2) is 0 Å². The van der Waals surface area contributed by atoms with Crippen molar-refractivity contribution in [1.82, 2.24) is 14.9 Å². The Kier molecular flexibility index (Phi) is 7.45. The van der Waals surface area contributed by atoms with Crippen LogP contribution in [-0.2, 0) is 11.0 Å². The Hall–Kier alpha value is -4.07. The summed E-state index contributed by atoms with van der Waals surface area (Å²) in [5, 5.41) is 11.6. The van der Waals surface area contributed by atoms with E-state index in [1.807, 2.05) is 11.8 Å². The van der Waals surface area contributed by atoms with Crippen molar-refractivity contribution in [2.45, 2.75) is 31.6 Å². The quantitative estimate of drug-likeness (QED) is 0.443. The van der Waals surface area contributed by atoms with Crippen LogP contribution < -0.4 is 19.3 Å². The number of carboxylic acids is 1.